The molecule has 0 aliphatic carbocycles. The van der Waals surface area contributed by atoms with Crippen LogP contribution in [0.4, 0.5) is 5.69 Å². The average Bonchev–Trinajstić information content (AvgIpc) is 2.77. The summed E-state index contributed by atoms with van der Waals surface area (Å²) in [5, 5.41) is 9.05. The van der Waals surface area contributed by atoms with Gasteiger partial charge in [-0.05, 0) is 76.6 Å². The molecule has 1 aromatic carbocycles. The van der Waals surface area contributed by atoms with Crippen molar-refractivity contribution in [2.75, 3.05) is 18.0 Å². The Morgan fingerprint density at radius 3 is 2.50 bits per heavy atom. The molecule has 0 atom stereocenters. The number of anilines is 1. The third-order valence-corrected chi connectivity index (χ3v) is 5.12. The number of nitriles is 1. The highest BCUT2D eigenvalue weighted by molar-refractivity contribution is 14.1. The van der Waals surface area contributed by atoms with Crippen LogP contribution in [0.2, 0.25) is 0 Å². The Morgan fingerprint density at radius 2 is 1.94 bits per heavy atom. The van der Waals surface area contributed by atoms with Gasteiger partial charge in [-0.3, -0.25) is 0 Å². The minimum atomic E-state index is 0.803. The zero-order valence-electron chi connectivity index (χ0n) is 9.06. The summed E-state index contributed by atoms with van der Waals surface area (Å²) in [4.78, 5) is 2.44. The molecule has 1 aliphatic heterocycles. The third kappa shape index (κ3) is 2.16. The van der Waals surface area contributed by atoms with Gasteiger partial charge in [0.05, 0.1) is 17.3 Å². The van der Waals surface area contributed by atoms with E-state index in [1.807, 2.05) is 13.0 Å². The van der Waals surface area contributed by atoms with Crippen LogP contribution >= 0.6 is 45.2 Å². The van der Waals surface area contributed by atoms with Gasteiger partial charge < -0.3 is 4.90 Å². The molecule has 0 N–H and O–H groups in total. The van der Waals surface area contributed by atoms with E-state index >= 15 is 0 Å². The Bertz CT molecular complexity index is 457. The smallest absolute Gasteiger partial charge is 0.0995 e. The van der Waals surface area contributed by atoms with Crippen molar-refractivity contribution in [3.63, 3.8) is 0 Å². The highest BCUT2D eigenvalue weighted by Crippen LogP contribution is 2.34. The normalized spacial score (nSPS) is 15.2. The topological polar surface area (TPSA) is 27.0 Å². The van der Waals surface area contributed by atoms with Crippen molar-refractivity contribution in [3.8, 4) is 6.07 Å². The molecular formula is C12H12I2N2. The molecule has 1 aliphatic rings. The maximum atomic E-state index is 9.05. The minimum Gasteiger partial charge on any atom is -0.370 e. The maximum Gasteiger partial charge on any atom is 0.0995 e. The standard InChI is InChI=1S/C12H12I2N2/c1-8-9(7-15)6-10(13)12(11(8)14)16-4-2-3-5-16/h6H,2-5H2,1H3. The second-order valence-electron chi connectivity index (χ2n) is 4.00. The van der Waals surface area contributed by atoms with Gasteiger partial charge in [-0.15, -0.1) is 0 Å². The zero-order chi connectivity index (χ0) is 11.7. The molecule has 4 heteroatoms. The van der Waals surface area contributed by atoms with Crippen LogP contribution in [0.1, 0.15) is 24.0 Å². The second kappa shape index (κ2) is 5.08. The summed E-state index contributed by atoms with van der Waals surface area (Å²) >= 11 is 4.72. The van der Waals surface area contributed by atoms with Gasteiger partial charge in [0.15, 0.2) is 0 Å². The van der Waals surface area contributed by atoms with Crippen LogP contribution in [0, 0.1) is 25.4 Å². The first-order valence-corrected chi connectivity index (χ1v) is 7.44. The Hall–Kier alpha value is -0.0300. The molecule has 2 nitrogen and oxygen atoms in total. The maximum absolute atomic E-state index is 9.05. The molecule has 0 saturated carbocycles. The van der Waals surface area contributed by atoms with Gasteiger partial charge in [-0.1, -0.05) is 0 Å². The van der Waals surface area contributed by atoms with Crippen LogP contribution in [0.25, 0.3) is 0 Å². The number of nitrogens with zero attached hydrogens (tertiary/aromatic N) is 2. The molecule has 1 saturated heterocycles. The molecular weight excluding hydrogens is 426 g/mol. The first-order chi connectivity index (χ1) is 7.65. The summed E-state index contributed by atoms with van der Waals surface area (Å²) in [6.07, 6.45) is 2.57. The average molecular weight is 438 g/mol. The fourth-order valence-corrected chi connectivity index (χ4v) is 4.41. The van der Waals surface area contributed by atoms with Gasteiger partial charge in [0.2, 0.25) is 0 Å². The molecule has 1 aromatic rings. The van der Waals surface area contributed by atoms with Gasteiger partial charge in [-0.2, -0.15) is 5.26 Å². The van der Waals surface area contributed by atoms with Gasteiger partial charge >= 0.3 is 0 Å². The largest absolute Gasteiger partial charge is 0.370 e. The number of benzene rings is 1. The van der Waals surface area contributed by atoms with Crippen molar-refractivity contribution in [1.29, 1.82) is 5.26 Å². The molecule has 0 amide bonds. The lowest BCUT2D eigenvalue weighted by Crippen LogP contribution is -2.20. The van der Waals surface area contributed by atoms with Crippen molar-refractivity contribution in [3.05, 3.63) is 24.3 Å². The molecule has 0 radical (unpaired) electrons. The van der Waals surface area contributed by atoms with E-state index in [-0.39, 0.29) is 0 Å². The van der Waals surface area contributed by atoms with Gasteiger partial charge in [0, 0.05) is 20.2 Å². The van der Waals surface area contributed by atoms with Gasteiger partial charge in [-0.25, -0.2) is 0 Å². The third-order valence-electron chi connectivity index (χ3n) is 2.98. The number of halogens is 2. The highest BCUT2D eigenvalue weighted by atomic mass is 127. The lowest BCUT2D eigenvalue weighted by molar-refractivity contribution is 0.949. The molecule has 1 fully saturated rings. The predicted molar refractivity (Wildman–Crippen MR) is 82.8 cm³/mol. The van der Waals surface area contributed by atoms with Crippen LogP contribution in [0.15, 0.2) is 6.07 Å². The number of hydrogen-bond acceptors (Lipinski definition) is 2. The lowest BCUT2D eigenvalue weighted by Gasteiger charge is -2.22. The summed E-state index contributed by atoms with van der Waals surface area (Å²) in [5.41, 5.74) is 3.25. The summed E-state index contributed by atoms with van der Waals surface area (Å²) < 4.78 is 2.44. The van der Waals surface area contributed by atoms with Crippen LogP contribution in [-0.2, 0) is 0 Å². The molecule has 1 heterocycles. The highest BCUT2D eigenvalue weighted by Gasteiger charge is 2.20. The van der Waals surface area contributed by atoms with E-state index in [0.717, 1.165) is 24.2 Å². The Balaban J connectivity index is 2.54. The van der Waals surface area contributed by atoms with Crippen molar-refractivity contribution >= 4 is 50.9 Å². The van der Waals surface area contributed by atoms with Crippen molar-refractivity contribution < 1.29 is 0 Å². The molecule has 0 spiro atoms. The Kier molecular flexibility index (Phi) is 3.95. The second-order valence-corrected chi connectivity index (χ2v) is 6.24. The van der Waals surface area contributed by atoms with E-state index in [4.69, 9.17) is 5.26 Å². The molecule has 0 aromatic heterocycles. The SMILES string of the molecule is Cc1c(C#N)cc(I)c(N2CCCC2)c1I. The van der Waals surface area contributed by atoms with E-state index < -0.39 is 0 Å². The quantitative estimate of drug-likeness (QED) is 0.626. The van der Waals surface area contributed by atoms with E-state index in [9.17, 15) is 0 Å². The first-order valence-electron chi connectivity index (χ1n) is 5.28. The zero-order valence-corrected chi connectivity index (χ0v) is 13.4. The summed E-state index contributed by atoms with van der Waals surface area (Å²) in [6.45, 7) is 4.34. The first kappa shape index (κ1) is 12.4. The molecule has 0 bridgehead atoms. The van der Waals surface area contributed by atoms with Crippen molar-refractivity contribution in [2.24, 2.45) is 0 Å². The molecule has 16 heavy (non-hydrogen) atoms. The minimum absolute atomic E-state index is 0.803. The van der Waals surface area contributed by atoms with E-state index in [0.29, 0.717) is 0 Å². The van der Waals surface area contributed by atoms with Gasteiger partial charge in [0.1, 0.15) is 0 Å². The Morgan fingerprint density at radius 1 is 1.31 bits per heavy atom. The van der Waals surface area contributed by atoms with Crippen LogP contribution in [-0.4, -0.2) is 13.1 Å². The van der Waals surface area contributed by atoms with Crippen molar-refractivity contribution in [1.82, 2.24) is 0 Å². The fourth-order valence-electron chi connectivity index (χ4n) is 2.05. The van der Waals surface area contributed by atoms with Crippen LogP contribution < -0.4 is 4.90 Å². The monoisotopic (exact) mass is 438 g/mol. The molecule has 2 rings (SSSR count). The van der Waals surface area contributed by atoms with Gasteiger partial charge in [0.25, 0.3) is 0 Å². The summed E-state index contributed by atoms with van der Waals surface area (Å²) in [7, 11) is 0. The summed E-state index contributed by atoms with van der Waals surface area (Å²) in [5.74, 6) is 0. The lowest BCUT2D eigenvalue weighted by atomic mass is 10.1. The van der Waals surface area contributed by atoms with Crippen LogP contribution in [0.5, 0.6) is 0 Å². The van der Waals surface area contributed by atoms with E-state index in [1.165, 1.54) is 25.7 Å². The van der Waals surface area contributed by atoms with E-state index in [1.54, 1.807) is 0 Å². The fraction of sp³-hybridized carbons (Fsp3) is 0.417. The number of hydrogen-bond donors (Lipinski definition) is 0. The van der Waals surface area contributed by atoms with Crippen LogP contribution in [0.3, 0.4) is 0 Å². The Labute approximate surface area is 123 Å². The number of rotatable bonds is 1. The summed E-state index contributed by atoms with van der Waals surface area (Å²) in [6, 6.07) is 4.27. The molecule has 0 unspecified atom stereocenters. The van der Waals surface area contributed by atoms with E-state index in [2.05, 4.69) is 56.2 Å². The predicted octanol–water partition coefficient (Wildman–Crippen LogP) is 3.68. The molecule has 84 valence electrons. The van der Waals surface area contributed by atoms with Crippen molar-refractivity contribution in [2.45, 2.75) is 19.8 Å².